The Balaban J connectivity index is 2.13. The molecule has 7 nitrogen and oxygen atoms in total. The Morgan fingerprint density at radius 2 is 2.00 bits per heavy atom. The zero-order valence-corrected chi connectivity index (χ0v) is 12.3. The molecule has 110 valence electrons. The van der Waals surface area contributed by atoms with Gasteiger partial charge in [-0.15, -0.1) is 0 Å². The van der Waals surface area contributed by atoms with E-state index in [1.54, 1.807) is 25.1 Å². The van der Waals surface area contributed by atoms with Gasteiger partial charge in [0.25, 0.3) is 0 Å². The number of benzene rings is 1. The number of nitrogens with one attached hydrogen (secondary N) is 1. The Labute approximate surface area is 129 Å². The maximum atomic E-state index is 12.1. The first-order valence-electron chi connectivity index (χ1n) is 5.82. The van der Waals surface area contributed by atoms with Crippen LogP contribution >= 0.6 is 23.2 Å². The highest BCUT2D eigenvalue weighted by molar-refractivity contribution is 6.35. The Hall–Kier alpha value is -2.12. The number of carbonyl (C=O) groups is 1. The van der Waals surface area contributed by atoms with Crippen molar-refractivity contribution in [2.45, 2.75) is 13.0 Å². The van der Waals surface area contributed by atoms with Crippen molar-refractivity contribution in [1.82, 2.24) is 9.78 Å². The Bertz CT molecular complexity index is 681. The summed E-state index contributed by atoms with van der Waals surface area (Å²) in [4.78, 5) is 22.1. The largest absolute Gasteiger partial charge is 0.324 e. The normalized spacial score (nSPS) is 12.0. The summed E-state index contributed by atoms with van der Waals surface area (Å²) in [6, 6.07) is 3.91. The van der Waals surface area contributed by atoms with Gasteiger partial charge in [-0.05, 0) is 25.1 Å². The molecule has 0 saturated heterocycles. The van der Waals surface area contributed by atoms with Gasteiger partial charge in [-0.3, -0.25) is 19.6 Å². The van der Waals surface area contributed by atoms with Crippen molar-refractivity contribution >= 4 is 40.5 Å². The first kappa shape index (κ1) is 15.3. The summed E-state index contributed by atoms with van der Waals surface area (Å²) in [6.07, 6.45) is 2.27. The van der Waals surface area contributed by atoms with Gasteiger partial charge in [0.05, 0.1) is 4.92 Å². The summed E-state index contributed by atoms with van der Waals surface area (Å²) in [6.45, 7) is 1.57. The van der Waals surface area contributed by atoms with Gasteiger partial charge >= 0.3 is 5.69 Å². The van der Waals surface area contributed by atoms with E-state index in [1.165, 1.54) is 10.9 Å². The van der Waals surface area contributed by atoms with Gasteiger partial charge < -0.3 is 5.32 Å². The second-order valence-corrected chi connectivity index (χ2v) is 5.13. The number of rotatable bonds is 4. The van der Waals surface area contributed by atoms with E-state index in [2.05, 4.69) is 10.4 Å². The van der Waals surface area contributed by atoms with Crippen molar-refractivity contribution in [3.05, 3.63) is 50.8 Å². The molecule has 0 aliphatic rings. The van der Waals surface area contributed by atoms with Crippen LogP contribution in [-0.2, 0) is 4.79 Å². The topological polar surface area (TPSA) is 90.1 Å². The molecule has 1 N–H and O–H groups in total. The van der Waals surface area contributed by atoms with Crippen LogP contribution < -0.4 is 5.32 Å². The van der Waals surface area contributed by atoms with Crippen molar-refractivity contribution in [2.75, 3.05) is 5.32 Å². The third kappa shape index (κ3) is 3.71. The van der Waals surface area contributed by atoms with E-state index in [4.69, 9.17) is 23.2 Å². The van der Waals surface area contributed by atoms with E-state index in [0.29, 0.717) is 15.7 Å². The summed E-state index contributed by atoms with van der Waals surface area (Å²) >= 11 is 11.7. The van der Waals surface area contributed by atoms with E-state index < -0.39 is 16.9 Å². The molecule has 1 atom stereocenters. The van der Waals surface area contributed by atoms with Gasteiger partial charge in [0.15, 0.2) is 0 Å². The van der Waals surface area contributed by atoms with Crippen LogP contribution in [-0.4, -0.2) is 20.6 Å². The van der Waals surface area contributed by atoms with Gasteiger partial charge in [0, 0.05) is 15.7 Å². The first-order valence-corrected chi connectivity index (χ1v) is 6.58. The van der Waals surface area contributed by atoms with Crippen molar-refractivity contribution in [2.24, 2.45) is 0 Å². The lowest BCUT2D eigenvalue weighted by molar-refractivity contribution is -0.385. The molecule has 0 aliphatic heterocycles. The van der Waals surface area contributed by atoms with Crippen molar-refractivity contribution in [3.8, 4) is 0 Å². The average molecular weight is 329 g/mol. The van der Waals surface area contributed by atoms with Crippen LogP contribution in [0.1, 0.15) is 13.0 Å². The molecule has 0 spiro atoms. The number of hydrogen-bond acceptors (Lipinski definition) is 4. The number of hydrogen-bond donors (Lipinski definition) is 1. The second kappa shape index (κ2) is 6.11. The molecule has 0 bridgehead atoms. The van der Waals surface area contributed by atoms with Gasteiger partial charge in [0.1, 0.15) is 18.4 Å². The van der Waals surface area contributed by atoms with E-state index in [0.717, 1.165) is 6.20 Å². The van der Waals surface area contributed by atoms with Gasteiger partial charge in [-0.25, -0.2) is 0 Å². The minimum Gasteiger partial charge on any atom is -0.324 e. The highest BCUT2D eigenvalue weighted by Crippen LogP contribution is 2.23. The standard InChI is InChI=1S/C12H10Cl2N4O3/c1-7(17-6-11(5-15-17)18(20)21)12(19)16-10-3-8(13)2-9(14)4-10/h2-7H,1H3,(H,16,19)/t7-/m1/s1. The van der Waals surface area contributed by atoms with E-state index in [-0.39, 0.29) is 5.69 Å². The maximum Gasteiger partial charge on any atom is 0.307 e. The van der Waals surface area contributed by atoms with Crippen LogP contribution in [0.5, 0.6) is 0 Å². The number of aromatic nitrogens is 2. The fourth-order valence-electron chi connectivity index (χ4n) is 1.63. The van der Waals surface area contributed by atoms with Gasteiger partial charge in [-0.2, -0.15) is 5.10 Å². The van der Waals surface area contributed by atoms with E-state index in [1.807, 2.05) is 0 Å². The number of anilines is 1. The smallest absolute Gasteiger partial charge is 0.307 e. The van der Waals surface area contributed by atoms with E-state index >= 15 is 0 Å². The average Bonchev–Trinajstić information content (AvgIpc) is 2.86. The monoisotopic (exact) mass is 328 g/mol. The summed E-state index contributed by atoms with van der Waals surface area (Å²) in [5, 5.41) is 17.8. The lowest BCUT2D eigenvalue weighted by Crippen LogP contribution is -2.24. The number of nitrogens with zero attached hydrogens (tertiary/aromatic N) is 3. The SMILES string of the molecule is C[C@H](C(=O)Nc1cc(Cl)cc(Cl)c1)n1cc([N+](=O)[O-])cn1. The van der Waals surface area contributed by atoms with Crippen LogP contribution in [0.15, 0.2) is 30.6 Å². The summed E-state index contributed by atoms with van der Waals surface area (Å²) in [5.74, 6) is -0.397. The molecule has 21 heavy (non-hydrogen) atoms. The minimum atomic E-state index is -0.726. The van der Waals surface area contributed by atoms with Crippen molar-refractivity contribution < 1.29 is 9.72 Å². The molecule has 0 aliphatic carbocycles. The lowest BCUT2D eigenvalue weighted by Gasteiger charge is -2.12. The zero-order valence-electron chi connectivity index (χ0n) is 10.8. The van der Waals surface area contributed by atoms with Crippen molar-refractivity contribution in [3.63, 3.8) is 0 Å². The number of halogens is 2. The highest BCUT2D eigenvalue weighted by atomic mass is 35.5. The zero-order chi connectivity index (χ0) is 15.6. The molecular formula is C12H10Cl2N4O3. The molecule has 0 saturated carbocycles. The van der Waals surface area contributed by atoms with E-state index in [9.17, 15) is 14.9 Å². The molecule has 1 heterocycles. The third-order valence-corrected chi connectivity index (χ3v) is 3.14. The summed E-state index contributed by atoms with van der Waals surface area (Å²) in [5.41, 5.74) is 0.256. The Kier molecular flexibility index (Phi) is 4.44. The highest BCUT2D eigenvalue weighted by Gasteiger charge is 2.19. The molecule has 0 unspecified atom stereocenters. The van der Waals surface area contributed by atoms with Crippen LogP contribution in [0.4, 0.5) is 11.4 Å². The molecule has 1 amide bonds. The third-order valence-electron chi connectivity index (χ3n) is 2.71. The molecule has 0 fully saturated rings. The fourth-order valence-corrected chi connectivity index (χ4v) is 2.15. The number of nitro groups is 1. The van der Waals surface area contributed by atoms with Crippen LogP contribution in [0, 0.1) is 10.1 Å². The molecular weight excluding hydrogens is 319 g/mol. The fraction of sp³-hybridized carbons (Fsp3) is 0.167. The predicted octanol–water partition coefficient (Wildman–Crippen LogP) is 3.30. The molecule has 1 aromatic carbocycles. The lowest BCUT2D eigenvalue weighted by atomic mass is 10.2. The van der Waals surface area contributed by atoms with Gasteiger partial charge in [-0.1, -0.05) is 23.2 Å². The maximum absolute atomic E-state index is 12.1. The molecule has 9 heteroatoms. The molecule has 1 aromatic heterocycles. The van der Waals surface area contributed by atoms with Crippen LogP contribution in [0.25, 0.3) is 0 Å². The quantitative estimate of drug-likeness (QED) is 0.688. The molecule has 0 radical (unpaired) electrons. The van der Waals surface area contributed by atoms with Crippen LogP contribution in [0.3, 0.4) is 0 Å². The van der Waals surface area contributed by atoms with Crippen molar-refractivity contribution in [1.29, 1.82) is 0 Å². The summed E-state index contributed by atoms with van der Waals surface area (Å²) < 4.78 is 1.21. The van der Waals surface area contributed by atoms with Gasteiger partial charge in [0.2, 0.25) is 5.91 Å². The molecule has 2 aromatic rings. The molecule has 2 rings (SSSR count). The minimum absolute atomic E-state index is 0.180. The number of carbonyl (C=O) groups excluding carboxylic acids is 1. The first-order chi connectivity index (χ1) is 9.86. The Morgan fingerprint density at radius 1 is 1.38 bits per heavy atom. The number of amides is 1. The van der Waals surface area contributed by atoms with Crippen LogP contribution in [0.2, 0.25) is 10.0 Å². The predicted molar refractivity (Wildman–Crippen MR) is 78.7 cm³/mol. The Morgan fingerprint density at radius 3 is 2.52 bits per heavy atom. The summed E-state index contributed by atoms with van der Waals surface area (Å²) in [7, 11) is 0. The second-order valence-electron chi connectivity index (χ2n) is 4.26.